The average molecular weight is 292 g/mol. The van der Waals surface area contributed by atoms with Crippen LogP contribution in [0.1, 0.15) is 19.4 Å². The van der Waals surface area contributed by atoms with Crippen LogP contribution in [0.15, 0.2) is 29.2 Å². The van der Waals surface area contributed by atoms with E-state index in [-0.39, 0.29) is 27.8 Å². The van der Waals surface area contributed by atoms with Crippen LogP contribution >= 0.6 is 11.8 Å². The second kappa shape index (κ2) is 5.46. The number of carbonyl (C=O) groups excluding carboxylic acids is 2. The fraction of sp³-hybridized carbons (Fsp3) is 0.231. The van der Waals surface area contributed by atoms with Crippen LogP contribution < -0.4 is 0 Å². The van der Waals surface area contributed by atoms with Crippen molar-refractivity contribution in [3.8, 4) is 0 Å². The maximum absolute atomic E-state index is 12.1. The number of nitro benzene ring substituents is 1. The number of nitro groups is 1. The van der Waals surface area contributed by atoms with Crippen molar-refractivity contribution in [2.45, 2.75) is 19.9 Å². The summed E-state index contributed by atoms with van der Waals surface area (Å²) >= 11 is 0.848. The van der Waals surface area contributed by atoms with Crippen LogP contribution in [-0.2, 0) is 4.79 Å². The minimum absolute atomic E-state index is 0.0539. The van der Waals surface area contributed by atoms with Gasteiger partial charge in [-0.1, -0.05) is 12.1 Å². The summed E-state index contributed by atoms with van der Waals surface area (Å²) in [4.78, 5) is 35.4. The first-order chi connectivity index (χ1) is 9.40. The Bertz CT molecular complexity index is 625. The zero-order valence-electron chi connectivity index (χ0n) is 10.9. The lowest BCUT2D eigenvalue weighted by Crippen LogP contribution is -2.34. The monoisotopic (exact) mass is 292 g/mol. The molecule has 2 rings (SSSR count). The van der Waals surface area contributed by atoms with E-state index in [0.717, 1.165) is 11.8 Å². The molecule has 0 bridgehead atoms. The van der Waals surface area contributed by atoms with Crippen LogP contribution in [0.3, 0.4) is 0 Å². The number of amides is 2. The average Bonchev–Trinajstić information content (AvgIpc) is 2.64. The van der Waals surface area contributed by atoms with Gasteiger partial charge in [-0.3, -0.25) is 24.6 Å². The van der Waals surface area contributed by atoms with Crippen molar-refractivity contribution in [1.82, 2.24) is 4.90 Å². The molecule has 6 nitrogen and oxygen atoms in total. The van der Waals surface area contributed by atoms with Gasteiger partial charge in [0.15, 0.2) is 0 Å². The third kappa shape index (κ3) is 2.72. The number of carbonyl (C=O) groups is 2. The Hall–Kier alpha value is -2.15. The Balaban J connectivity index is 2.33. The van der Waals surface area contributed by atoms with E-state index < -0.39 is 4.92 Å². The predicted octanol–water partition coefficient (Wildman–Crippen LogP) is 3.04. The highest BCUT2D eigenvalue weighted by Gasteiger charge is 2.36. The summed E-state index contributed by atoms with van der Waals surface area (Å²) in [5, 5.41) is 10.4. The molecular formula is C13H12N2O4S. The molecule has 0 atom stereocenters. The standard InChI is InChI=1S/C13H12N2O4S/c1-8(2)14-12(16)11(20-13(14)17)7-9-4-3-5-10(6-9)15(18)19/h3-8H,1-2H3. The van der Waals surface area contributed by atoms with E-state index in [0.29, 0.717) is 5.56 Å². The zero-order chi connectivity index (χ0) is 14.9. The third-order valence-electron chi connectivity index (χ3n) is 2.72. The Kier molecular flexibility index (Phi) is 3.89. The third-order valence-corrected chi connectivity index (χ3v) is 3.60. The largest absolute Gasteiger partial charge is 0.293 e. The molecule has 0 radical (unpaired) electrons. The summed E-state index contributed by atoms with van der Waals surface area (Å²) in [5.41, 5.74) is 0.468. The number of benzene rings is 1. The van der Waals surface area contributed by atoms with Crippen LogP contribution in [0.2, 0.25) is 0 Å². The fourth-order valence-corrected chi connectivity index (χ4v) is 2.77. The second-order valence-electron chi connectivity index (χ2n) is 4.50. The molecule has 0 saturated carbocycles. The van der Waals surface area contributed by atoms with Crippen LogP contribution in [0.25, 0.3) is 6.08 Å². The maximum Gasteiger partial charge on any atom is 0.293 e. The molecule has 1 aliphatic rings. The lowest BCUT2D eigenvalue weighted by molar-refractivity contribution is -0.384. The molecule has 1 heterocycles. The van der Waals surface area contributed by atoms with Crippen molar-refractivity contribution in [3.05, 3.63) is 44.8 Å². The molecule has 0 aromatic heterocycles. The molecule has 1 saturated heterocycles. The van der Waals surface area contributed by atoms with Gasteiger partial charge < -0.3 is 0 Å². The summed E-state index contributed by atoms with van der Waals surface area (Å²) in [7, 11) is 0. The molecule has 7 heteroatoms. The van der Waals surface area contributed by atoms with E-state index >= 15 is 0 Å². The molecule has 0 aliphatic carbocycles. The molecule has 20 heavy (non-hydrogen) atoms. The van der Waals surface area contributed by atoms with Gasteiger partial charge in [0.25, 0.3) is 16.8 Å². The minimum Gasteiger partial charge on any atom is -0.268 e. The van der Waals surface area contributed by atoms with Gasteiger partial charge in [-0.25, -0.2) is 0 Å². The van der Waals surface area contributed by atoms with Gasteiger partial charge >= 0.3 is 0 Å². The van der Waals surface area contributed by atoms with Gasteiger partial charge in [0.05, 0.1) is 9.83 Å². The van der Waals surface area contributed by atoms with Crippen molar-refractivity contribution in [3.63, 3.8) is 0 Å². The number of hydrogen-bond acceptors (Lipinski definition) is 5. The topological polar surface area (TPSA) is 80.5 Å². The maximum atomic E-state index is 12.1. The predicted molar refractivity (Wildman–Crippen MR) is 76.0 cm³/mol. The molecule has 1 aromatic rings. The van der Waals surface area contributed by atoms with Crippen molar-refractivity contribution in [2.24, 2.45) is 0 Å². The second-order valence-corrected chi connectivity index (χ2v) is 5.49. The summed E-state index contributed by atoms with van der Waals surface area (Å²) in [6.07, 6.45) is 1.50. The fourth-order valence-electron chi connectivity index (χ4n) is 1.80. The quantitative estimate of drug-likeness (QED) is 0.486. The number of nitrogens with zero attached hydrogens (tertiary/aromatic N) is 2. The first-order valence-corrected chi connectivity index (χ1v) is 6.73. The Labute approximate surface area is 119 Å². The molecule has 0 spiro atoms. The molecule has 2 amide bonds. The number of non-ortho nitro benzene ring substituents is 1. The van der Waals surface area contributed by atoms with Crippen LogP contribution in [0.4, 0.5) is 10.5 Å². The molecule has 0 unspecified atom stereocenters. The first kappa shape index (κ1) is 14.3. The van der Waals surface area contributed by atoms with E-state index in [2.05, 4.69) is 0 Å². The number of hydrogen-bond donors (Lipinski definition) is 0. The Morgan fingerprint density at radius 2 is 2.05 bits per heavy atom. The SMILES string of the molecule is CC(C)N1C(=O)SC(=Cc2cccc([N+](=O)[O-])c2)C1=O. The van der Waals surface area contributed by atoms with Crippen molar-refractivity contribution >= 4 is 34.7 Å². The minimum atomic E-state index is -0.503. The zero-order valence-corrected chi connectivity index (χ0v) is 11.7. The molecule has 104 valence electrons. The van der Waals surface area contributed by atoms with Crippen molar-refractivity contribution in [2.75, 3.05) is 0 Å². The molecule has 1 aliphatic heterocycles. The number of imide groups is 1. The van der Waals surface area contributed by atoms with Gasteiger partial charge in [-0.15, -0.1) is 0 Å². The van der Waals surface area contributed by atoms with Crippen molar-refractivity contribution in [1.29, 1.82) is 0 Å². The van der Waals surface area contributed by atoms with Crippen molar-refractivity contribution < 1.29 is 14.5 Å². The molecule has 1 aromatic carbocycles. The lowest BCUT2D eigenvalue weighted by Gasteiger charge is -2.16. The van der Waals surface area contributed by atoms with E-state index in [1.165, 1.54) is 29.2 Å². The van der Waals surface area contributed by atoms with Gasteiger partial charge in [-0.05, 0) is 37.2 Å². The number of thioether (sulfide) groups is 1. The van der Waals surface area contributed by atoms with Crippen LogP contribution in [0, 0.1) is 10.1 Å². The molecule has 1 fully saturated rings. The van der Waals surface area contributed by atoms with Gasteiger partial charge in [0.2, 0.25) is 0 Å². The highest BCUT2D eigenvalue weighted by Crippen LogP contribution is 2.33. The first-order valence-electron chi connectivity index (χ1n) is 5.91. The van der Waals surface area contributed by atoms with E-state index in [4.69, 9.17) is 0 Å². The van der Waals surface area contributed by atoms with E-state index in [1.807, 2.05) is 0 Å². The number of rotatable bonds is 3. The van der Waals surface area contributed by atoms with Gasteiger partial charge in [0, 0.05) is 18.2 Å². The summed E-state index contributed by atoms with van der Waals surface area (Å²) in [6.45, 7) is 3.51. The highest BCUT2D eigenvalue weighted by atomic mass is 32.2. The lowest BCUT2D eigenvalue weighted by atomic mass is 10.2. The van der Waals surface area contributed by atoms with Crippen LogP contribution in [0.5, 0.6) is 0 Å². The molecule has 0 N–H and O–H groups in total. The Morgan fingerprint density at radius 1 is 1.35 bits per heavy atom. The highest BCUT2D eigenvalue weighted by molar-refractivity contribution is 8.18. The summed E-state index contributed by atoms with van der Waals surface area (Å²) in [5.74, 6) is -0.360. The Morgan fingerprint density at radius 3 is 2.60 bits per heavy atom. The smallest absolute Gasteiger partial charge is 0.268 e. The van der Waals surface area contributed by atoms with Crippen LogP contribution in [-0.4, -0.2) is 27.0 Å². The van der Waals surface area contributed by atoms with E-state index in [1.54, 1.807) is 19.9 Å². The summed E-state index contributed by atoms with van der Waals surface area (Å²) in [6, 6.07) is 5.71. The molecular weight excluding hydrogens is 280 g/mol. The van der Waals surface area contributed by atoms with Gasteiger partial charge in [-0.2, -0.15) is 0 Å². The van der Waals surface area contributed by atoms with E-state index in [9.17, 15) is 19.7 Å². The normalized spacial score (nSPS) is 17.4. The van der Waals surface area contributed by atoms with Gasteiger partial charge in [0.1, 0.15) is 0 Å². The summed E-state index contributed by atoms with van der Waals surface area (Å²) < 4.78 is 0.